The SMILES string of the molecule is Cc1cccc2cccc(-c3ncc4c(N5CCN(C(=O)O)[C@@H](CC#N)C5)nc(OC[C@@H]5CCCN5C)nc4c3C#N)c12. The lowest BCUT2D eigenvalue weighted by molar-refractivity contribution is 0.119. The number of fused-ring (bicyclic) bond motifs is 2. The van der Waals surface area contributed by atoms with Crippen molar-refractivity contribution < 1.29 is 14.6 Å². The Bertz CT molecular complexity index is 1790. The lowest BCUT2D eigenvalue weighted by Crippen LogP contribution is -2.55. The van der Waals surface area contributed by atoms with Crippen molar-refractivity contribution in [3.8, 4) is 29.4 Å². The summed E-state index contributed by atoms with van der Waals surface area (Å²) < 4.78 is 6.19. The number of likely N-dealkylation sites (N-methyl/N-ethyl adjacent to an activating group) is 1. The van der Waals surface area contributed by atoms with Crippen molar-refractivity contribution in [3.05, 3.63) is 53.7 Å². The van der Waals surface area contributed by atoms with Gasteiger partial charge in [0.15, 0.2) is 0 Å². The zero-order chi connectivity index (χ0) is 30.1. The minimum atomic E-state index is -1.05. The van der Waals surface area contributed by atoms with Crippen LogP contribution in [0.5, 0.6) is 6.01 Å². The molecule has 11 nitrogen and oxygen atoms in total. The fourth-order valence-corrected chi connectivity index (χ4v) is 6.33. The van der Waals surface area contributed by atoms with E-state index in [1.54, 1.807) is 6.20 Å². The van der Waals surface area contributed by atoms with Gasteiger partial charge in [-0.25, -0.2) is 4.79 Å². The monoisotopic (exact) mass is 576 g/mol. The van der Waals surface area contributed by atoms with E-state index in [1.807, 2.05) is 48.2 Å². The van der Waals surface area contributed by atoms with Crippen LogP contribution >= 0.6 is 0 Å². The van der Waals surface area contributed by atoms with Crippen LogP contribution < -0.4 is 9.64 Å². The number of hydrogen-bond donors (Lipinski definition) is 1. The molecule has 2 aromatic heterocycles. The van der Waals surface area contributed by atoms with Crippen LogP contribution in [0.3, 0.4) is 0 Å². The molecule has 2 aliphatic heterocycles. The number of anilines is 1. The highest BCUT2D eigenvalue weighted by molar-refractivity contribution is 6.03. The molecule has 1 N–H and O–H groups in total. The van der Waals surface area contributed by atoms with Crippen molar-refractivity contribution in [1.82, 2.24) is 24.8 Å². The number of pyridine rings is 1. The first-order chi connectivity index (χ1) is 20.9. The van der Waals surface area contributed by atoms with E-state index in [2.05, 4.69) is 24.1 Å². The van der Waals surface area contributed by atoms with Crippen LogP contribution in [0, 0.1) is 29.6 Å². The lowest BCUT2D eigenvalue weighted by atomic mass is 9.95. The van der Waals surface area contributed by atoms with E-state index in [9.17, 15) is 20.4 Å². The summed E-state index contributed by atoms with van der Waals surface area (Å²) in [6.07, 6.45) is 2.80. The molecule has 0 radical (unpaired) electrons. The molecule has 2 fully saturated rings. The number of amides is 1. The molecule has 2 atom stereocenters. The molecule has 2 aromatic carbocycles. The second-order valence-corrected chi connectivity index (χ2v) is 11.2. The number of piperazine rings is 1. The second-order valence-electron chi connectivity index (χ2n) is 11.2. The van der Waals surface area contributed by atoms with Crippen LogP contribution in [0.15, 0.2) is 42.6 Å². The van der Waals surface area contributed by atoms with Crippen LogP contribution in [0.4, 0.5) is 10.6 Å². The van der Waals surface area contributed by atoms with Crippen molar-refractivity contribution in [2.75, 3.05) is 44.7 Å². The molecule has 218 valence electrons. The van der Waals surface area contributed by atoms with Gasteiger partial charge in [-0.2, -0.15) is 20.5 Å². The molecule has 0 spiro atoms. The summed E-state index contributed by atoms with van der Waals surface area (Å²) in [6, 6.07) is 16.4. The minimum absolute atomic E-state index is 0.0511. The molecule has 0 aliphatic carbocycles. The maximum absolute atomic E-state index is 11.9. The van der Waals surface area contributed by atoms with Crippen molar-refractivity contribution in [2.45, 2.75) is 38.3 Å². The first-order valence-electron chi connectivity index (χ1n) is 14.4. The predicted molar refractivity (Wildman–Crippen MR) is 162 cm³/mol. The third kappa shape index (κ3) is 5.24. The average Bonchev–Trinajstić information content (AvgIpc) is 3.43. The largest absolute Gasteiger partial charge is 0.465 e. The number of rotatable bonds is 6. The lowest BCUT2D eigenvalue weighted by Gasteiger charge is -2.39. The molecular formula is C32H32N8O3. The van der Waals surface area contributed by atoms with Gasteiger partial charge in [0.25, 0.3) is 0 Å². The summed E-state index contributed by atoms with van der Waals surface area (Å²) in [5.41, 5.74) is 3.19. The Labute approximate surface area is 249 Å². The van der Waals surface area contributed by atoms with Crippen molar-refractivity contribution in [1.29, 1.82) is 10.5 Å². The molecule has 1 amide bonds. The minimum Gasteiger partial charge on any atom is -0.465 e. The Morgan fingerprint density at radius 1 is 1.12 bits per heavy atom. The van der Waals surface area contributed by atoms with Gasteiger partial charge < -0.3 is 24.5 Å². The van der Waals surface area contributed by atoms with Gasteiger partial charge >= 0.3 is 12.1 Å². The maximum Gasteiger partial charge on any atom is 0.407 e. The fraction of sp³-hybridized carbons (Fsp3) is 0.375. The number of ether oxygens (including phenoxy) is 1. The molecule has 2 saturated heterocycles. The number of nitriles is 2. The van der Waals surface area contributed by atoms with E-state index in [-0.39, 0.29) is 31.6 Å². The van der Waals surface area contributed by atoms with Crippen LogP contribution in [0.25, 0.3) is 32.9 Å². The average molecular weight is 577 g/mol. The molecule has 11 heteroatoms. The third-order valence-electron chi connectivity index (χ3n) is 8.61. The van der Waals surface area contributed by atoms with E-state index < -0.39 is 12.1 Å². The van der Waals surface area contributed by atoms with E-state index in [1.165, 1.54) is 4.90 Å². The topological polar surface area (TPSA) is 142 Å². The second kappa shape index (κ2) is 11.7. The Hall–Kier alpha value is -5.00. The van der Waals surface area contributed by atoms with E-state index >= 15 is 0 Å². The first-order valence-corrected chi connectivity index (χ1v) is 14.4. The number of aromatic nitrogens is 3. The summed E-state index contributed by atoms with van der Waals surface area (Å²) >= 11 is 0. The molecule has 2 aliphatic rings. The fourth-order valence-electron chi connectivity index (χ4n) is 6.33. The molecule has 6 rings (SSSR count). The van der Waals surface area contributed by atoms with E-state index in [0.29, 0.717) is 41.1 Å². The molecule has 4 heterocycles. The number of aryl methyl sites for hydroxylation is 1. The molecule has 0 saturated carbocycles. The van der Waals surface area contributed by atoms with Gasteiger partial charge in [-0.1, -0.05) is 36.4 Å². The molecular weight excluding hydrogens is 544 g/mol. The number of carbonyl (C=O) groups is 1. The highest BCUT2D eigenvalue weighted by Crippen LogP contribution is 2.37. The normalized spacial score (nSPS) is 19.0. The number of hydrogen-bond acceptors (Lipinski definition) is 9. The summed E-state index contributed by atoms with van der Waals surface area (Å²) in [5, 5.41) is 32.3. The van der Waals surface area contributed by atoms with Crippen LogP contribution in [-0.2, 0) is 0 Å². The van der Waals surface area contributed by atoms with Crippen LogP contribution in [0.2, 0.25) is 0 Å². The Morgan fingerprint density at radius 3 is 2.65 bits per heavy atom. The van der Waals surface area contributed by atoms with Gasteiger partial charge in [0.05, 0.1) is 29.6 Å². The Kier molecular flexibility index (Phi) is 7.66. The summed E-state index contributed by atoms with van der Waals surface area (Å²) in [7, 11) is 2.07. The maximum atomic E-state index is 11.9. The van der Waals surface area contributed by atoms with E-state index in [0.717, 1.165) is 41.3 Å². The van der Waals surface area contributed by atoms with Gasteiger partial charge in [-0.15, -0.1) is 0 Å². The standard InChI is InChI=1S/C32H32N8O3/c1-20-6-3-7-21-8-4-10-24(27(20)21)28-25(16-34)29-26(17-35-28)30(37-31(36-29)43-19-23-9-5-13-38(23)2)39-14-15-40(32(41)42)22(18-39)11-12-33/h3-4,6-8,10,17,22-23H,5,9,11,13-15,18-19H2,1-2H3,(H,41,42)/t22-,23-/m0/s1. The zero-order valence-electron chi connectivity index (χ0n) is 24.2. The Morgan fingerprint density at radius 2 is 1.93 bits per heavy atom. The molecule has 4 aromatic rings. The third-order valence-corrected chi connectivity index (χ3v) is 8.61. The summed E-state index contributed by atoms with van der Waals surface area (Å²) in [6.45, 7) is 4.29. The van der Waals surface area contributed by atoms with Gasteiger partial charge in [0.2, 0.25) is 0 Å². The first kappa shape index (κ1) is 28.1. The number of nitrogens with zero attached hydrogens (tertiary/aromatic N) is 8. The number of carboxylic acid groups (broad SMARTS) is 1. The molecule has 0 bridgehead atoms. The van der Waals surface area contributed by atoms with Crippen LogP contribution in [-0.4, -0.2) is 87.9 Å². The summed E-state index contributed by atoms with van der Waals surface area (Å²) in [4.78, 5) is 31.7. The highest BCUT2D eigenvalue weighted by atomic mass is 16.5. The summed E-state index contributed by atoms with van der Waals surface area (Å²) in [5.74, 6) is 0.511. The Balaban J connectivity index is 1.50. The highest BCUT2D eigenvalue weighted by Gasteiger charge is 2.33. The zero-order valence-corrected chi connectivity index (χ0v) is 24.2. The predicted octanol–water partition coefficient (Wildman–Crippen LogP) is 4.58. The number of likely N-dealkylation sites (tertiary alicyclic amines) is 1. The van der Waals surface area contributed by atoms with Crippen LogP contribution in [0.1, 0.15) is 30.4 Å². The van der Waals surface area contributed by atoms with Gasteiger partial charge in [-0.05, 0) is 49.7 Å². The van der Waals surface area contributed by atoms with Crippen molar-refractivity contribution in [2.24, 2.45) is 0 Å². The van der Waals surface area contributed by atoms with Gasteiger partial charge in [-0.3, -0.25) is 4.98 Å². The van der Waals surface area contributed by atoms with E-state index in [4.69, 9.17) is 19.7 Å². The van der Waals surface area contributed by atoms with Gasteiger partial charge in [0.1, 0.15) is 29.6 Å². The molecule has 43 heavy (non-hydrogen) atoms. The number of benzene rings is 2. The molecule has 0 unspecified atom stereocenters. The smallest absolute Gasteiger partial charge is 0.407 e. The van der Waals surface area contributed by atoms with Crippen molar-refractivity contribution in [3.63, 3.8) is 0 Å². The van der Waals surface area contributed by atoms with Gasteiger partial charge in [0, 0.05) is 37.4 Å². The van der Waals surface area contributed by atoms with Crippen molar-refractivity contribution >= 4 is 33.6 Å². The quantitative estimate of drug-likeness (QED) is 0.346.